The first kappa shape index (κ1) is 26.8. The molecule has 10 heteroatoms. The van der Waals surface area contributed by atoms with Crippen LogP contribution >= 0.6 is 11.6 Å². The Balaban J connectivity index is 1.53. The van der Waals surface area contributed by atoms with E-state index in [0.717, 1.165) is 16.9 Å². The predicted molar refractivity (Wildman–Crippen MR) is 132 cm³/mol. The van der Waals surface area contributed by atoms with Gasteiger partial charge in [-0.3, -0.25) is 9.69 Å². The first-order valence-electron chi connectivity index (χ1n) is 12.0. The Morgan fingerprint density at radius 3 is 2.56 bits per heavy atom. The van der Waals surface area contributed by atoms with Crippen LogP contribution in [0.3, 0.4) is 0 Å². The van der Waals surface area contributed by atoms with Crippen molar-refractivity contribution in [3.05, 3.63) is 64.2 Å². The molecule has 0 saturated carbocycles. The molecule has 0 unspecified atom stereocenters. The Morgan fingerprint density at radius 2 is 1.89 bits per heavy atom. The van der Waals surface area contributed by atoms with Gasteiger partial charge in [-0.25, -0.2) is 4.39 Å². The highest BCUT2D eigenvalue weighted by molar-refractivity contribution is 6.31. The third-order valence-electron chi connectivity index (χ3n) is 6.83. The summed E-state index contributed by atoms with van der Waals surface area (Å²) in [5.41, 5.74) is 7.78. The van der Waals surface area contributed by atoms with Gasteiger partial charge in [-0.15, -0.1) is 0 Å². The minimum Gasteiger partial charge on any atom is -0.494 e. The summed E-state index contributed by atoms with van der Waals surface area (Å²) in [6.07, 6.45) is -7.03. The quantitative estimate of drug-likeness (QED) is 0.416. The average Bonchev–Trinajstić information content (AvgIpc) is 3.22. The van der Waals surface area contributed by atoms with Crippen molar-refractivity contribution < 1.29 is 34.0 Å². The SMILES string of the molecule is CCOc1ccc(Cc2cc([C@@H]3O[C@H](CN4C[C@@H](F)C[C@H]4C(N)=O)[C@@H](O)[C@H](O)[C@H]3O)ccc2Cl)cc1. The highest BCUT2D eigenvalue weighted by atomic mass is 35.5. The molecule has 0 aromatic heterocycles. The van der Waals surface area contributed by atoms with E-state index in [4.69, 9.17) is 26.8 Å². The summed E-state index contributed by atoms with van der Waals surface area (Å²) in [6, 6.07) is 12.0. The summed E-state index contributed by atoms with van der Waals surface area (Å²) < 4.78 is 25.5. The Kier molecular flexibility index (Phi) is 8.49. The lowest BCUT2D eigenvalue weighted by Gasteiger charge is -2.42. The van der Waals surface area contributed by atoms with E-state index < -0.39 is 48.6 Å². The smallest absolute Gasteiger partial charge is 0.234 e. The summed E-state index contributed by atoms with van der Waals surface area (Å²) >= 11 is 6.45. The number of hydrogen-bond donors (Lipinski definition) is 4. The molecule has 2 aromatic carbocycles. The van der Waals surface area contributed by atoms with Crippen molar-refractivity contribution in [2.75, 3.05) is 19.7 Å². The van der Waals surface area contributed by atoms with E-state index in [0.29, 0.717) is 23.6 Å². The standard InChI is InChI=1S/C26H32ClFN2O6/c1-2-35-18-6-3-14(4-7-18)9-16-10-15(5-8-19(16)27)25-24(33)23(32)22(31)21(36-25)13-30-12-17(28)11-20(30)26(29)34/h3-8,10,17,20-25,31-33H,2,9,11-13H2,1H3,(H2,29,34)/t17-,20-,21+,22+,23-,24+,25-/m0/s1. The number of aliphatic hydroxyl groups is 3. The number of nitrogens with two attached hydrogens (primary N) is 1. The Labute approximate surface area is 214 Å². The predicted octanol–water partition coefficient (Wildman–Crippen LogP) is 1.75. The second-order valence-corrected chi connectivity index (χ2v) is 9.78. The number of carbonyl (C=O) groups excluding carboxylic acids is 1. The van der Waals surface area contributed by atoms with Gasteiger partial charge in [-0.2, -0.15) is 0 Å². The molecule has 0 radical (unpaired) electrons. The monoisotopic (exact) mass is 522 g/mol. The van der Waals surface area contributed by atoms with Crippen LogP contribution in [0.15, 0.2) is 42.5 Å². The minimum absolute atomic E-state index is 0.0257. The maximum absolute atomic E-state index is 14.0. The number of nitrogens with zero attached hydrogens (tertiary/aromatic N) is 1. The first-order chi connectivity index (χ1) is 17.2. The molecule has 4 rings (SSSR count). The normalized spacial score (nSPS) is 30.9. The van der Waals surface area contributed by atoms with Crippen LogP contribution in [-0.2, 0) is 16.0 Å². The number of ether oxygens (including phenoxy) is 2. The molecule has 36 heavy (non-hydrogen) atoms. The van der Waals surface area contributed by atoms with Gasteiger partial charge in [-0.05, 0) is 48.2 Å². The molecule has 1 amide bonds. The van der Waals surface area contributed by atoms with Gasteiger partial charge in [0.2, 0.25) is 5.91 Å². The number of likely N-dealkylation sites (tertiary alicyclic amines) is 1. The second kappa shape index (κ2) is 11.4. The molecule has 0 spiro atoms. The van der Waals surface area contributed by atoms with Gasteiger partial charge in [0.15, 0.2) is 0 Å². The number of benzene rings is 2. The van der Waals surface area contributed by atoms with E-state index in [9.17, 15) is 24.5 Å². The third-order valence-corrected chi connectivity index (χ3v) is 7.20. The fourth-order valence-corrected chi connectivity index (χ4v) is 5.14. The molecule has 0 aliphatic carbocycles. The summed E-state index contributed by atoms with van der Waals surface area (Å²) in [5.74, 6) is 0.114. The fraction of sp³-hybridized carbons (Fsp3) is 0.500. The second-order valence-electron chi connectivity index (χ2n) is 9.38. The van der Waals surface area contributed by atoms with E-state index in [1.54, 1.807) is 18.2 Å². The third kappa shape index (κ3) is 5.82. The topological polar surface area (TPSA) is 125 Å². The van der Waals surface area contributed by atoms with Gasteiger partial charge in [0.1, 0.15) is 36.3 Å². The van der Waals surface area contributed by atoms with Crippen molar-refractivity contribution >= 4 is 17.5 Å². The zero-order valence-electron chi connectivity index (χ0n) is 20.0. The molecule has 2 aliphatic heterocycles. The van der Waals surface area contributed by atoms with Crippen LogP contribution in [0, 0.1) is 0 Å². The van der Waals surface area contributed by atoms with Crippen molar-refractivity contribution in [1.29, 1.82) is 0 Å². The molecule has 2 saturated heterocycles. The zero-order chi connectivity index (χ0) is 26.0. The summed E-state index contributed by atoms with van der Waals surface area (Å²) in [5, 5.41) is 32.4. The van der Waals surface area contributed by atoms with E-state index in [2.05, 4.69) is 0 Å². The van der Waals surface area contributed by atoms with Crippen molar-refractivity contribution in [3.63, 3.8) is 0 Å². The summed E-state index contributed by atoms with van der Waals surface area (Å²) in [4.78, 5) is 13.3. The molecule has 8 nitrogen and oxygen atoms in total. The Morgan fingerprint density at radius 1 is 1.17 bits per heavy atom. The number of aliphatic hydroxyl groups excluding tert-OH is 3. The lowest BCUT2D eigenvalue weighted by atomic mass is 9.89. The number of halogens is 2. The Bertz CT molecular complexity index is 1060. The summed E-state index contributed by atoms with van der Waals surface area (Å²) in [6.45, 7) is 2.44. The van der Waals surface area contributed by atoms with Crippen LogP contribution in [0.25, 0.3) is 0 Å². The number of amides is 1. The maximum atomic E-state index is 14.0. The lowest BCUT2D eigenvalue weighted by molar-refractivity contribution is -0.228. The van der Waals surface area contributed by atoms with Gasteiger partial charge in [0.25, 0.3) is 0 Å². The minimum atomic E-state index is -1.50. The molecular formula is C26H32ClFN2O6. The van der Waals surface area contributed by atoms with E-state index in [1.165, 1.54) is 4.90 Å². The van der Waals surface area contributed by atoms with Crippen molar-refractivity contribution in [2.45, 2.75) is 62.5 Å². The highest BCUT2D eigenvalue weighted by Crippen LogP contribution is 2.35. The first-order valence-corrected chi connectivity index (χ1v) is 12.4. The van der Waals surface area contributed by atoms with E-state index >= 15 is 0 Å². The van der Waals surface area contributed by atoms with Crippen molar-refractivity contribution in [3.8, 4) is 5.75 Å². The number of carbonyl (C=O) groups is 1. The van der Waals surface area contributed by atoms with Crippen molar-refractivity contribution in [1.82, 2.24) is 4.90 Å². The van der Waals surface area contributed by atoms with Crippen LogP contribution in [0.5, 0.6) is 5.75 Å². The van der Waals surface area contributed by atoms with Crippen LogP contribution < -0.4 is 10.5 Å². The van der Waals surface area contributed by atoms with Crippen LogP contribution in [0.2, 0.25) is 5.02 Å². The largest absolute Gasteiger partial charge is 0.494 e. The van der Waals surface area contributed by atoms with Crippen LogP contribution in [-0.4, -0.2) is 82.5 Å². The van der Waals surface area contributed by atoms with Gasteiger partial charge in [0.05, 0.1) is 18.8 Å². The number of rotatable bonds is 8. The number of alkyl halides is 1. The zero-order valence-corrected chi connectivity index (χ0v) is 20.7. The molecule has 2 aromatic rings. The molecule has 2 fully saturated rings. The average molecular weight is 523 g/mol. The molecule has 7 atom stereocenters. The van der Waals surface area contributed by atoms with E-state index in [-0.39, 0.29) is 19.5 Å². The molecule has 5 N–H and O–H groups in total. The number of hydrogen-bond acceptors (Lipinski definition) is 7. The molecule has 0 bridgehead atoms. The number of primary amides is 1. The van der Waals surface area contributed by atoms with Gasteiger partial charge in [-0.1, -0.05) is 35.9 Å². The molecule has 2 aliphatic rings. The lowest BCUT2D eigenvalue weighted by Crippen LogP contribution is -2.58. The fourth-order valence-electron chi connectivity index (χ4n) is 4.95. The Hall–Kier alpha value is -2.27. The van der Waals surface area contributed by atoms with Gasteiger partial charge < -0.3 is 30.5 Å². The van der Waals surface area contributed by atoms with Crippen LogP contribution in [0.1, 0.15) is 36.1 Å². The van der Waals surface area contributed by atoms with Crippen LogP contribution in [0.4, 0.5) is 4.39 Å². The van der Waals surface area contributed by atoms with Gasteiger partial charge in [0, 0.05) is 24.5 Å². The molecular weight excluding hydrogens is 491 g/mol. The summed E-state index contributed by atoms with van der Waals surface area (Å²) in [7, 11) is 0. The highest BCUT2D eigenvalue weighted by Gasteiger charge is 2.46. The maximum Gasteiger partial charge on any atom is 0.234 e. The van der Waals surface area contributed by atoms with E-state index in [1.807, 2.05) is 31.2 Å². The molecule has 196 valence electrons. The van der Waals surface area contributed by atoms with Gasteiger partial charge >= 0.3 is 0 Å². The van der Waals surface area contributed by atoms with Crippen molar-refractivity contribution in [2.24, 2.45) is 5.73 Å². The molecule has 2 heterocycles.